The van der Waals surface area contributed by atoms with E-state index in [4.69, 9.17) is 23.2 Å². The molecule has 2 N–H and O–H groups in total. The summed E-state index contributed by atoms with van der Waals surface area (Å²) in [6.07, 6.45) is 1.65. The van der Waals surface area contributed by atoms with E-state index in [2.05, 4.69) is 28.0 Å². The van der Waals surface area contributed by atoms with Crippen molar-refractivity contribution in [1.29, 1.82) is 0 Å². The van der Waals surface area contributed by atoms with E-state index in [1.807, 2.05) is 20.8 Å². The number of nitrogens with one attached hydrogen (secondary N) is 2. The molecule has 5 nitrogen and oxygen atoms in total. The second-order valence-electron chi connectivity index (χ2n) is 6.28. The van der Waals surface area contributed by atoms with Gasteiger partial charge in [0, 0.05) is 23.4 Å². The molecule has 0 aliphatic carbocycles. The molecule has 0 unspecified atom stereocenters. The Morgan fingerprint density at radius 2 is 1.63 bits per heavy atom. The molecular weight excluding hydrogens is 385 g/mol. The molecule has 2 rings (SSSR count). The standard InChI is InChI=1S/C20H21Cl2N3O2/c1-12-8-13(2)16(14(3)9-12)11-23-25-20(27)7-6-19(26)24-18-5-4-15(21)10-17(18)22/h4-5,8-11H,6-7H2,1-3H3,(H,24,26)(H,25,27)/b23-11+. The minimum Gasteiger partial charge on any atom is -0.325 e. The van der Waals surface area contributed by atoms with E-state index in [1.54, 1.807) is 18.3 Å². The van der Waals surface area contributed by atoms with Crippen molar-refractivity contribution >= 4 is 46.9 Å². The highest BCUT2D eigenvalue weighted by Crippen LogP contribution is 2.25. The lowest BCUT2D eigenvalue weighted by Gasteiger charge is -2.07. The molecule has 0 heterocycles. The van der Waals surface area contributed by atoms with Gasteiger partial charge in [-0.05, 0) is 50.1 Å². The molecule has 0 aliphatic rings. The number of amides is 2. The first-order valence-electron chi connectivity index (χ1n) is 8.41. The lowest BCUT2D eigenvalue weighted by atomic mass is 10.0. The summed E-state index contributed by atoms with van der Waals surface area (Å²) in [5, 5.41) is 7.46. The zero-order valence-electron chi connectivity index (χ0n) is 15.4. The molecule has 7 heteroatoms. The third-order valence-corrected chi connectivity index (χ3v) is 4.45. The Kier molecular flexibility index (Phi) is 7.39. The summed E-state index contributed by atoms with van der Waals surface area (Å²) in [5.74, 6) is -0.658. The van der Waals surface area contributed by atoms with Gasteiger partial charge in [0.1, 0.15) is 0 Å². The van der Waals surface area contributed by atoms with Crippen molar-refractivity contribution in [2.24, 2.45) is 5.10 Å². The molecule has 2 aromatic rings. The fourth-order valence-electron chi connectivity index (χ4n) is 2.65. The van der Waals surface area contributed by atoms with Crippen LogP contribution in [0.4, 0.5) is 5.69 Å². The van der Waals surface area contributed by atoms with Crippen LogP contribution < -0.4 is 10.7 Å². The van der Waals surface area contributed by atoms with E-state index in [0.29, 0.717) is 15.7 Å². The molecule has 0 saturated carbocycles. The molecule has 0 fully saturated rings. The van der Waals surface area contributed by atoms with Crippen LogP contribution in [0, 0.1) is 20.8 Å². The van der Waals surface area contributed by atoms with Crippen LogP contribution in [0.2, 0.25) is 10.0 Å². The number of carbonyl (C=O) groups is 2. The van der Waals surface area contributed by atoms with Gasteiger partial charge in [-0.1, -0.05) is 40.9 Å². The lowest BCUT2D eigenvalue weighted by molar-refractivity contribution is -0.124. The Labute approximate surface area is 168 Å². The maximum absolute atomic E-state index is 11.9. The first-order chi connectivity index (χ1) is 12.8. The van der Waals surface area contributed by atoms with Gasteiger partial charge in [0.05, 0.1) is 16.9 Å². The quantitative estimate of drug-likeness (QED) is 0.535. The van der Waals surface area contributed by atoms with Crippen molar-refractivity contribution in [3.63, 3.8) is 0 Å². The van der Waals surface area contributed by atoms with Gasteiger partial charge in [-0.15, -0.1) is 0 Å². The first kappa shape index (κ1) is 20.9. The second kappa shape index (κ2) is 9.53. The van der Waals surface area contributed by atoms with Gasteiger partial charge in [0.25, 0.3) is 0 Å². The molecule has 0 aromatic heterocycles. The van der Waals surface area contributed by atoms with Gasteiger partial charge in [-0.2, -0.15) is 5.10 Å². The van der Waals surface area contributed by atoms with Crippen LogP contribution in [-0.2, 0) is 9.59 Å². The number of anilines is 1. The molecule has 0 aliphatic heterocycles. The maximum atomic E-state index is 11.9. The number of halogens is 2. The number of hydrogen-bond donors (Lipinski definition) is 2. The smallest absolute Gasteiger partial charge is 0.240 e. The van der Waals surface area contributed by atoms with Gasteiger partial charge in [-0.3, -0.25) is 9.59 Å². The first-order valence-corrected chi connectivity index (χ1v) is 9.16. The van der Waals surface area contributed by atoms with Crippen LogP contribution in [0.15, 0.2) is 35.4 Å². The van der Waals surface area contributed by atoms with Crippen molar-refractivity contribution in [3.05, 3.63) is 62.6 Å². The van der Waals surface area contributed by atoms with Crippen molar-refractivity contribution < 1.29 is 9.59 Å². The highest BCUT2D eigenvalue weighted by molar-refractivity contribution is 6.36. The third kappa shape index (κ3) is 6.38. The summed E-state index contributed by atoms with van der Waals surface area (Å²) in [6.45, 7) is 6.02. The van der Waals surface area contributed by atoms with E-state index in [0.717, 1.165) is 16.7 Å². The molecule has 0 bridgehead atoms. The number of hydrazone groups is 1. The average molecular weight is 406 g/mol. The van der Waals surface area contributed by atoms with Crippen LogP contribution in [0.3, 0.4) is 0 Å². The Bertz CT molecular complexity index is 872. The SMILES string of the molecule is Cc1cc(C)c(/C=N/NC(=O)CCC(=O)Nc2ccc(Cl)cc2Cl)c(C)c1. The third-order valence-electron chi connectivity index (χ3n) is 3.91. The van der Waals surface area contributed by atoms with Crippen LogP contribution in [0.1, 0.15) is 35.1 Å². The fourth-order valence-corrected chi connectivity index (χ4v) is 3.11. The summed E-state index contributed by atoms with van der Waals surface area (Å²) in [4.78, 5) is 23.8. The van der Waals surface area contributed by atoms with E-state index < -0.39 is 0 Å². The zero-order chi connectivity index (χ0) is 20.0. The molecule has 0 saturated heterocycles. The van der Waals surface area contributed by atoms with Crippen molar-refractivity contribution in [1.82, 2.24) is 5.43 Å². The van der Waals surface area contributed by atoms with Crippen molar-refractivity contribution in [2.75, 3.05) is 5.32 Å². The summed E-state index contributed by atoms with van der Waals surface area (Å²) in [6, 6.07) is 8.89. The van der Waals surface area contributed by atoms with Gasteiger partial charge < -0.3 is 5.32 Å². The highest BCUT2D eigenvalue weighted by atomic mass is 35.5. The normalized spacial score (nSPS) is 10.9. The van der Waals surface area contributed by atoms with Gasteiger partial charge in [-0.25, -0.2) is 5.43 Å². The molecule has 142 valence electrons. The summed E-state index contributed by atoms with van der Waals surface area (Å²) >= 11 is 11.8. The summed E-state index contributed by atoms with van der Waals surface area (Å²) in [7, 11) is 0. The molecule has 0 radical (unpaired) electrons. The molecule has 0 atom stereocenters. The molecule has 27 heavy (non-hydrogen) atoms. The van der Waals surface area contributed by atoms with E-state index >= 15 is 0 Å². The van der Waals surface area contributed by atoms with Crippen LogP contribution in [0.5, 0.6) is 0 Å². The van der Waals surface area contributed by atoms with Gasteiger partial charge >= 0.3 is 0 Å². The van der Waals surface area contributed by atoms with Crippen LogP contribution in [-0.4, -0.2) is 18.0 Å². The number of benzene rings is 2. The number of nitrogens with zero attached hydrogens (tertiary/aromatic N) is 1. The molecule has 2 amide bonds. The number of rotatable bonds is 6. The lowest BCUT2D eigenvalue weighted by Crippen LogP contribution is -2.20. The highest BCUT2D eigenvalue weighted by Gasteiger charge is 2.09. The maximum Gasteiger partial charge on any atom is 0.240 e. The van der Waals surface area contributed by atoms with E-state index in [9.17, 15) is 9.59 Å². The monoisotopic (exact) mass is 405 g/mol. The molecule has 0 spiro atoms. The fraction of sp³-hybridized carbons (Fsp3) is 0.250. The number of aryl methyl sites for hydroxylation is 3. The Hall–Kier alpha value is -2.37. The molecule has 2 aromatic carbocycles. The van der Waals surface area contributed by atoms with Crippen LogP contribution >= 0.6 is 23.2 Å². The van der Waals surface area contributed by atoms with Crippen molar-refractivity contribution in [3.8, 4) is 0 Å². The number of hydrogen-bond acceptors (Lipinski definition) is 3. The predicted molar refractivity (Wildman–Crippen MR) is 111 cm³/mol. The van der Waals surface area contributed by atoms with Crippen LogP contribution in [0.25, 0.3) is 0 Å². The topological polar surface area (TPSA) is 70.6 Å². The predicted octanol–water partition coefficient (Wildman–Crippen LogP) is 4.79. The minimum absolute atomic E-state index is 0.0141. The van der Waals surface area contributed by atoms with Gasteiger partial charge in [0.2, 0.25) is 11.8 Å². The van der Waals surface area contributed by atoms with E-state index in [1.165, 1.54) is 11.6 Å². The number of carbonyl (C=O) groups excluding carboxylic acids is 2. The zero-order valence-corrected chi connectivity index (χ0v) is 16.9. The Morgan fingerprint density at radius 1 is 1.00 bits per heavy atom. The summed E-state index contributed by atoms with van der Waals surface area (Å²) < 4.78 is 0. The van der Waals surface area contributed by atoms with E-state index in [-0.39, 0.29) is 24.7 Å². The largest absolute Gasteiger partial charge is 0.325 e. The van der Waals surface area contributed by atoms with Gasteiger partial charge in [0.15, 0.2) is 0 Å². The molecular formula is C20H21Cl2N3O2. The second-order valence-corrected chi connectivity index (χ2v) is 7.12. The Morgan fingerprint density at radius 3 is 2.26 bits per heavy atom. The van der Waals surface area contributed by atoms with Crippen molar-refractivity contribution in [2.45, 2.75) is 33.6 Å². The minimum atomic E-state index is -0.342. The Balaban J connectivity index is 1.83. The average Bonchev–Trinajstić information content (AvgIpc) is 2.58. The summed E-state index contributed by atoms with van der Waals surface area (Å²) in [5.41, 5.74) is 7.22.